The number of thiazole rings is 1. The molecule has 0 saturated heterocycles. The predicted molar refractivity (Wildman–Crippen MR) is 122 cm³/mol. The number of carbonyl (C=O) groups is 1. The molecule has 0 aliphatic heterocycles. The first-order chi connectivity index (χ1) is 14.5. The minimum Gasteiger partial charge on any atom is -0.489 e. The lowest BCUT2D eigenvalue weighted by atomic mass is 10.2. The van der Waals surface area contributed by atoms with Crippen LogP contribution >= 0.6 is 22.9 Å². The van der Waals surface area contributed by atoms with Crippen LogP contribution < -0.4 is 14.9 Å². The minimum absolute atomic E-state index is 0.000606. The van der Waals surface area contributed by atoms with E-state index in [0.717, 1.165) is 15.8 Å². The summed E-state index contributed by atoms with van der Waals surface area (Å²) in [5.41, 5.74) is 2.87. The highest BCUT2D eigenvalue weighted by atomic mass is 35.5. The Bertz CT molecular complexity index is 1280. The van der Waals surface area contributed by atoms with Crippen molar-refractivity contribution >= 4 is 44.7 Å². The molecule has 0 fully saturated rings. The SMILES string of the molecule is CCn1c(=O)sc2cc(NC(=O)c3cccc(OCc4ccccc4Cl)c3)ccc21. The van der Waals surface area contributed by atoms with Crippen molar-refractivity contribution in [3.8, 4) is 5.75 Å². The monoisotopic (exact) mass is 438 g/mol. The molecule has 5 nitrogen and oxygen atoms in total. The molecule has 7 heteroatoms. The quantitative estimate of drug-likeness (QED) is 0.428. The van der Waals surface area contributed by atoms with Crippen LogP contribution in [0.3, 0.4) is 0 Å². The number of hydrogen-bond acceptors (Lipinski definition) is 4. The average Bonchev–Trinajstić information content (AvgIpc) is 3.07. The van der Waals surface area contributed by atoms with Gasteiger partial charge in [-0.1, -0.05) is 47.2 Å². The topological polar surface area (TPSA) is 60.3 Å². The maximum Gasteiger partial charge on any atom is 0.308 e. The van der Waals surface area contributed by atoms with Crippen molar-refractivity contribution in [2.24, 2.45) is 0 Å². The summed E-state index contributed by atoms with van der Waals surface area (Å²) in [6.07, 6.45) is 0. The van der Waals surface area contributed by atoms with Gasteiger partial charge in [0.25, 0.3) is 5.91 Å². The van der Waals surface area contributed by atoms with E-state index in [2.05, 4.69) is 5.32 Å². The molecule has 4 aromatic rings. The van der Waals surface area contributed by atoms with E-state index in [4.69, 9.17) is 16.3 Å². The van der Waals surface area contributed by atoms with E-state index in [1.54, 1.807) is 34.9 Å². The molecule has 0 unspecified atom stereocenters. The fraction of sp³-hybridized carbons (Fsp3) is 0.130. The summed E-state index contributed by atoms with van der Waals surface area (Å²) in [5, 5.41) is 3.53. The van der Waals surface area contributed by atoms with Gasteiger partial charge >= 0.3 is 4.87 Å². The molecule has 0 spiro atoms. The predicted octanol–water partition coefficient (Wildman–Crippen LogP) is 5.57. The third-order valence-corrected chi connectivity index (χ3v) is 6.00. The number of carbonyl (C=O) groups excluding carboxylic acids is 1. The van der Waals surface area contributed by atoms with E-state index in [1.165, 1.54) is 11.3 Å². The number of nitrogens with zero attached hydrogens (tertiary/aromatic N) is 1. The van der Waals surface area contributed by atoms with Gasteiger partial charge in [0.05, 0.1) is 10.2 Å². The molecule has 0 atom stereocenters. The highest BCUT2D eigenvalue weighted by Crippen LogP contribution is 2.23. The number of hydrogen-bond donors (Lipinski definition) is 1. The lowest BCUT2D eigenvalue weighted by Crippen LogP contribution is -2.12. The Labute approximate surface area is 182 Å². The number of fused-ring (bicyclic) bond motifs is 1. The van der Waals surface area contributed by atoms with Crippen LogP contribution in [0, 0.1) is 0 Å². The van der Waals surface area contributed by atoms with Crippen LogP contribution in [0.2, 0.25) is 5.02 Å². The number of ether oxygens (including phenoxy) is 1. The zero-order valence-electron chi connectivity index (χ0n) is 16.2. The van der Waals surface area contributed by atoms with Crippen LogP contribution in [0.15, 0.2) is 71.5 Å². The van der Waals surface area contributed by atoms with Gasteiger partial charge in [-0.2, -0.15) is 0 Å². The summed E-state index contributed by atoms with van der Waals surface area (Å²) < 4.78 is 8.36. The van der Waals surface area contributed by atoms with Crippen molar-refractivity contribution < 1.29 is 9.53 Å². The number of nitrogens with one attached hydrogen (secondary N) is 1. The molecule has 0 bridgehead atoms. The molecule has 0 aliphatic carbocycles. The van der Waals surface area contributed by atoms with Gasteiger partial charge in [0.2, 0.25) is 0 Å². The number of benzene rings is 3. The molecule has 0 radical (unpaired) electrons. The Morgan fingerprint density at radius 2 is 1.93 bits per heavy atom. The largest absolute Gasteiger partial charge is 0.489 e. The summed E-state index contributed by atoms with van der Waals surface area (Å²) in [6, 6.07) is 19.9. The fourth-order valence-corrected chi connectivity index (χ4v) is 4.34. The molecule has 0 saturated carbocycles. The molecule has 0 aliphatic rings. The molecule has 1 heterocycles. The van der Waals surface area contributed by atoms with Crippen molar-refractivity contribution in [2.75, 3.05) is 5.32 Å². The van der Waals surface area contributed by atoms with Crippen molar-refractivity contribution in [3.05, 3.63) is 92.5 Å². The van der Waals surface area contributed by atoms with Gasteiger partial charge in [0.15, 0.2) is 0 Å². The van der Waals surface area contributed by atoms with Crippen LogP contribution in [-0.2, 0) is 13.2 Å². The smallest absolute Gasteiger partial charge is 0.308 e. The van der Waals surface area contributed by atoms with E-state index in [1.807, 2.05) is 43.3 Å². The Morgan fingerprint density at radius 1 is 1.10 bits per heavy atom. The van der Waals surface area contributed by atoms with E-state index >= 15 is 0 Å². The number of aromatic nitrogens is 1. The fourth-order valence-electron chi connectivity index (χ4n) is 3.15. The van der Waals surface area contributed by atoms with Crippen molar-refractivity contribution in [2.45, 2.75) is 20.1 Å². The normalized spacial score (nSPS) is 10.9. The molecular formula is C23H19ClN2O3S. The second-order valence-electron chi connectivity index (χ2n) is 6.66. The molecule has 3 aromatic carbocycles. The molecule has 1 amide bonds. The molecule has 4 rings (SSSR count). The maximum atomic E-state index is 12.7. The lowest BCUT2D eigenvalue weighted by molar-refractivity contribution is 0.102. The molecule has 1 aromatic heterocycles. The number of anilines is 1. The van der Waals surface area contributed by atoms with E-state index in [-0.39, 0.29) is 10.8 Å². The van der Waals surface area contributed by atoms with E-state index < -0.39 is 0 Å². The van der Waals surface area contributed by atoms with Gasteiger partial charge in [-0.05, 0) is 49.4 Å². The minimum atomic E-state index is -0.250. The van der Waals surface area contributed by atoms with E-state index in [0.29, 0.717) is 35.2 Å². The number of aryl methyl sites for hydroxylation is 1. The van der Waals surface area contributed by atoms with Gasteiger partial charge in [-0.15, -0.1) is 0 Å². The van der Waals surface area contributed by atoms with Crippen molar-refractivity contribution in [1.82, 2.24) is 4.57 Å². The van der Waals surface area contributed by atoms with Crippen LogP contribution in [-0.4, -0.2) is 10.5 Å². The highest BCUT2D eigenvalue weighted by molar-refractivity contribution is 7.16. The van der Waals surface area contributed by atoms with Crippen molar-refractivity contribution in [1.29, 1.82) is 0 Å². The van der Waals surface area contributed by atoms with E-state index in [9.17, 15) is 9.59 Å². The Morgan fingerprint density at radius 3 is 2.73 bits per heavy atom. The first-order valence-electron chi connectivity index (χ1n) is 9.46. The van der Waals surface area contributed by atoms with Crippen LogP contribution in [0.4, 0.5) is 5.69 Å². The Hall–Kier alpha value is -3.09. The van der Waals surface area contributed by atoms with Gasteiger partial charge in [-0.3, -0.25) is 14.2 Å². The second kappa shape index (κ2) is 8.73. The number of rotatable bonds is 6. The molecule has 152 valence electrons. The summed E-state index contributed by atoms with van der Waals surface area (Å²) in [6.45, 7) is 2.87. The van der Waals surface area contributed by atoms with Gasteiger partial charge in [0.1, 0.15) is 12.4 Å². The Balaban J connectivity index is 1.48. The molecule has 30 heavy (non-hydrogen) atoms. The first-order valence-corrected chi connectivity index (χ1v) is 10.7. The number of halogens is 1. The van der Waals surface area contributed by atoms with Gasteiger partial charge < -0.3 is 10.1 Å². The average molecular weight is 439 g/mol. The Kier molecular flexibility index (Phi) is 5.88. The van der Waals surface area contributed by atoms with Crippen LogP contribution in [0.5, 0.6) is 5.75 Å². The summed E-state index contributed by atoms with van der Waals surface area (Å²) >= 11 is 7.33. The third-order valence-electron chi connectivity index (χ3n) is 4.69. The zero-order valence-corrected chi connectivity index (χ0v) is 17.8. The lowest BCUT2D eigenvalue weighted by Gasteiger charge is -2.10. The highest BCUT2D eigenvalue weighted by Gasteiger charge is 2.11. The standard InChI is InChI=1S/C23H19ClN2O3S/c1-2-26-20-11-10-17(13-21(20)30-23(26)28)25-22(27)15-7-5-8-18(12-15)29-14-16-6-3-4-9-19(16)24/h3-13H,2,14H2,1H3,(H,25,27). The first kappa shape index (κ1) is 20.2. The third kappa shape index (κ3) is 4.25. The summed E-state index contributed by atoms with van der Waals surface area (Å²) in [5.74, 6) is 0.330. The van der Waals surface area contributed by atoms with Crippen LogP contribution in [0.25, 0.3) is 10.2 Å². The summed E-state index contributed by atoms with van der Waals surface area (Å²) in [7, 11) is 0. The van der Waals surface area contributed by atoms with Crippen LogP contribution in [0.1, 0.15) is 22.8 Å². The maximum absolute atomic E-state index is 12.7. The zero-order chi connectivity index (χ0) is 21.1. The number of amides is 1. The molecule has 1 N–H and O–H groups in total. The van der Waals surface area contributed by atoms with Gasteiger partial charge in [-0.25, -0.2) is 0 Å². The van der Waals surface area contributed by atoms with Gasteiger partial charge in [0, 0.05) is 28.4 Å². The molecular weight excluding hydrogens is 420 g/mol. The van der Waals surface area contributed by atoms with Crippen molar-refractivity contribution in [3.63, 3.8) is 0 Å². The second-order valence-corrected chi connectivity index (χ2v) is 8.06. The summed E-state index contributed by atoms with van der Waals surface area (Å²) in [4.78, 5) is 24.7.